The second kappa shape index (κ2) is 9.55. The molecule has 31 heavy (non-hydrogen) atoms. The molecule has 0 spiro atoms. The zero-order valence-corrected chi connectivity index (χ0v) is 17.5. The van der Waals surface area contributed by atoms with Crippen LogP contribution < -0.4 is 15.0 Å². The van der Waals surface area contributed by atoms with Crippen molar-refractivity contribution in [2.45, 2.75) is 33.5 Å². The molecule has 0 aliphatic heterocycles. The number of para-hydroxylation sites is 1. The topological polar surface area (TPSA) is 73.7 Å². The summed E-state index contributed by atoms with van der Waals surface area (Å²) in [6.07, 6.45) is 1.37. The van der Waals surface area contributed by atoms with Crippen molar-refractivity contribution in [2.24, 2.45) is 0 Å². The Bertz CT molecular complexity index is 1150. The molecular weight excluding hydrogens is 408 g/mol. The van der Waals surface area contributed by atoms with Crippen LogP contribution in [-0.4, -0.2) is 40.6 Å². The maximum absolute atomic E-state index is 12.7. The molecule has 0 saturated carbocycles. The van der Waals surface area contributed by atoms with E-state index < -0.39 is 6.61 Å². The first-order valence-electron chi connectivity index (χ1n) is 9.69. The Kier molecular flexibility index (Phi) is 6.84. The molecule has 0 unspecified atom stereocenters. The molecule has 0 aliphatic carbocycles. The molecule has 0 fully saturated rings. The number of nitrogens with zero attached hydrogens (tertiary/aromatic N) is 3. The van der Waals surface area contributed by atoms with Crippen molar-refractivity contribution in [3.05, 3.63) is 64.2 Å². The van der Waals surface area contributed by atoms with Crippen molar-refractivity contribution < 1.29 is 23.0 Å². The maximum atomic E-state index is 12.7. The average Bonchev–Trinajstić information content (AvgIpc) is 2.72. The molecule has 0 radical (unpaired) electrons. The molecular formula is C22H23F2N3O4. The zero-order chi connectivity index (χ0) is 22.5. The summed E-state index contributed by atoms with van der Waals surface area (Å²) in [5.74, 6) is -0.202. The van der Waals surface area contributed by atoms with E-state index in [-0.39, 0.29) is 42.7 Å². The second-order valence-corrected chi connectivity index (χ2v) is 6.99. The number of ether oxygens (including phenoxy) is 2. The van der Waals surface area contributed by atoms with Crippen LogP contribution in [0.15, 0.2) is 47.5 Å². The Morgan fingerprint density at radius 3 is 2.71 bits per heavy atom. The van der Waals surface area contributed by atoms with E-state index in [0.29, 0.717) is 16.5 Å². The second-order valence-electron chi connectivity index (χ2n) is 6.99. The Labute approximate surface area is 177 Å². The lowest BCUT2D eigenvalue weighted by Gasteiger charge is -2.19. The Balaban J connectivity index is 1.75. The van der Waals surface area contributed by atoms with Gasteiger partial charge in [-0.2, -0.15) is 8.78 Å². The van der Waals surface area contributed by atoms with Gasteiger partial charge in [0.05, 0.1) is 23.8 Å². The van der Waals surface area contributed by atoms with E-state index in [1.54, 1.807) is 38.2 Å². The number of halogens is 2. The van der Waals surface area contributed by atoms with E-state index in [1.165, 1.54) is 21.9 Å². The van der Waals surface area contributed by atoms with Gasteiger partial charge in [0.1, 0.15) is 6.54 Å². The highest BCUT2D eigenvalue weighted by Crippen LogP contribution is 2.30. The molecule has 2 aromatic carbocycles. The van der Waals surface area contributed by atoms with Crippen LogP contribution in [0.2, 0.25) is 0 Å². The largest absolute Gasteiger partial charge is 0.490 e. The van der Waals surface area contributed by atoms with E-state index in [4.69, 9.17) is 4.74 Å². The summed E-state index contributed by atoms with van der Waals surface area (Å²) in [5, 5.41) is 0.453. The standard InChI is InChI=1S/C22H23F2N3O4/c1-4-30-18-10-15(8-9-17(18)31-22(23)24)11-26(3)19(28)12-27-13-25-20-14(2)6-5-7-16(20)21(27)29/h5-10,13,22H,4,11-12H2,1-3H3. The Morgan fingerprint density at radius 2 is 2.00 bits per heavy atom. The van der Waals surface area contributed by atoms with Crippen LogP contribution in [0.4, 0.5) is 8.78 Å². The molecule has 0 atom stereocenters. The third kappa shape index (κ3) is 5.17. The lowest BCUT2D eigenvalue weighted by atomic mass is 10.1. The fourth-order valence-electron chi connectivity index (χ4n) is 3.19. The van der Waals surface area contributed by atoms with Crippen LogP contribution in [-0.2, 0) is 17.9 Å². The lowest BCUT2D eigenvalue weighted by molar-refractivity contribution is -0.131. The van der Waals surface area contributed by atoms with Gasteiger partial charge in [-0.15, -0.1) is 0 Å². The Morgan fingerprint density at radius 1 is 1.23 bits per heavy atom. The summed E-state index contributed by atoms with van der Waals surface area (Å²) >= 11 is 0. The van der Waals surface area contributed by atoms with Gasteiger partial charge >= 0.3 is 6.61 Å². The summed E-state index contributed by atoms with van der Waals surface area (Å²) in [7, 11) is 1.59. The highest BCUT2D eigenvalue weighted by molar-refractivity contribution is 5.81. The zero-order valence-electron chi connectivity index (χ0n) is 17.5. The molecule has 1 heterocycles. The van der Waals surface area contributed by atoms with Gasteiger partial charge in [-0.25, -0.2) is 4.98 Å². The normalized spacial score (nSPS) is 11.0. The number of hydrogen-bond donors (Lipinski definition) is 0. The first kappa shape index (κ1) is 22.2. The molecule has 7 nitrogen and oxygen atoms in total. The first-order valence-corrected chi connectivity index (χ1v) is 9.69. The third-order valence-corrected chi connectivity index (χ3v) is 4.73. The van der Waals surface area contributed by atoms with Crippen molar-refractivity contribution >= 4 is 16.8 Å². The predicted octanol–water partition coefficient (Wildman–Crippen LogP) is 3.36. The molecule has 0 N–H and O–H groups in total. The quantitative estimate of drug-likeness (QED) is 0.547. The fourth-order valence-corrected chi connectivity index (χ4v) is 3.19. The Hall–Kier alpha value is -3.49. The van der Waals surface area contributed by atoms with Crippen LogP contribution in [0.3, 0.4) is 0 Å². The van der Waals surface area contributed by atoms with Crippen LogP contribution >= 0.6 is 0 Å². The van der Waals surface area contributed by atoms with Gasteiger partial charge in [-0.05, 0) is 43.2 Å². The molecule has 1 amide bonds. The van der Waals surface area contributed by atoms with E-state index in [0.717, 1.165) is 5.56 Å². The number of benzene rings is 2. The maximum Gasteiger partial charge on any atom is 0.387 e. The molecule has 9 heteroatoms. The smallest absolute Gasteiger partial charge is 0.387 e. The van der Waals surface area contributed by atoms with Crippen molar-refractivity contribution in [1.29, 1.82) is 0 Å². The van der Waals surface area contributed by atoms with Crippen molar-refractivity contribution in [2.75, 3.05) is 13.7 Å². The first-order chi connectivity index (χ1) is 14.8. The minimum absolute atomic E-state index is 0.0707. The van der Waals surface area contributed by atoms with E-state index in [2.05, 4.69) is 9.72 Å². The average molecular weight is 431 g/mol. The van der Waals surface area contributed by atoms with Gasteiger partial charge in [0.15, 0.2) is 11.5 Å². The third-order valence-electron chi connectivity index (χ3n) is 4.73. The van der Waals surface area contributed by atoms with Crippen LogP contribution in [0.1, 0.15) is 18.1 Å². The monoisotopic (exact) mass is 431 g/mol. The van der Waals surface area contributed by atoms with Gasteiger partial charge in [0.2, 0.25) is 5.91 Å². The van der Waals surface area contributed by atoms with Gasteiger partial charge in [0.25, 0.3) is 5.56 Å². The molecule has 0 bridgehead atoms. The van der Waals surface area contributed by atoms with E-state index >= 15 is 0 Å². The number of alkyl halides is 2. The summed E-state index contributed by atoms with van der Waals surface area (Å²) in [6, 6.07) is 9.84. The molecule has 0 aliphatic rings. The number of amides is 1. The minimum atomic E-state index is -2.97. The number of hydrogen-bond acceptors (Lipinski definition) is 5. The van der Waals surface area contributed by atoms with Crippen LogP contribution in [0.5, 0.6) is 11.5 Å². The molecule has 0 saturated heterocycles. The lowest BCUT2D eigenvalue weighted by Crippen LogP contribution is -2.33. The number of aromatic nitrogens is 2. The SMILES string of the molecule is CCOc1cc(CN(C)C(=O)Cn2cnc3c(C)cccc3c2=O)ccc1OC(F)F. The van der Waals surface area contributed by atoms with E-state index in [1.807, 2.05) is 13.0 Å². The highest BCUT2D eigenvalue weighted by Gasteiger charge is 2.16. The van der Waals surface area contributed by atoms with Gasteiger partial charge < -0.3 is 14.4 Å². The van der Waals surface area contributed by atoms with Gasteiger partial charge in [-0.1, -0.05) is 18.2 Å². The molecule has 3 rings (SSSR count). The van der Waals surface area contributed by atoms with Crippen molar-refractivity contribution in [3.63, 3.8) is 0 Å². The number of fused-ring (bicyclic) bond motifs is 1. The summed E-state index contributed by atoms with van der Waals surface area (Å²) in [6.45, 7) is 0.930. The number of carbonyl (C=O) groups excluding carboxylic acids is 1. The molecule has 164 valence electrons. The van der Waals surface area contributed by atoms with Crippen molar-refractivity contribution in [3.8, 4) is 11.5 Å². The van der Waals surface area contributed by atoms with Crippen LogP contribution in [0.25, 0.3) is 10.9 Å². The number of aryl methyl sites for hydroxylation is 1. The summed E-state index contributed by atoms with van der Waals surface area (Å²) in [5.41, 5.74) is 1.87. The highest BCUT2D eigenvalue weighted by atomic mass is 19.3. The summed E-state index contributed by atoms with van der Waals surface area (Å²) in [4.78, 5) is 31.1. The van der Waals surface area contributed by atoms with Gasteiger partial charge in [0, 0.05) is 13.6 Å². The number of rotatable bonds is 8. The molecule has 3 aromatic rings. The van der Waals surface area contributed by atoms with Crippen molar-refractivity contribution in [1.82, 2.24) is 14.5 Å². The number of likely N-dealkylation sites (N-methyl/N-ethyl adjacent to an activating group) is 1. The summed E-state index contributed by atoms with van der Waals surface area (Å²) < 4.78 is 36.2. The van der Waals surface area contributed by atoms with Gasteiger partial charge in [-0.3, -0.25) is 14.2 Å². The molecule has 1 aromatic heterocycles. The minimum Gasteiger partial charge on any atom is -0.490 e. The van der Waals surface area contributed by atoms with Crippen LogP contribution in [0, 0.1) is 6.92 Å². The predicted molar refractivity (Wildman–Crippen MR) is 111 cm³/mol. The number of carbonyl (C=O) groups is 1. The fraction of sp³-hybridized carbons (Fsp3) is 0.318. The van der Waals surface area contributed by atoms with E-state index in [9.17, 15) is 18.4 Å².